The van der Waals surface area contributed by atoms with Crippen LogP contribution in [0.5, 0.6) is 0 Å². The number of carbonyl (C=O) groups is 1. The summed E-state index contributed by atoms with van der Waals surface area (Å²) in [6.45, 7) is 0.762. The molecule has 0 unspecified atom stereocenters. The van der Waals surface area contributed by atoms with Gasteiger partial charge in [0.1, 0.15) is 4.83 Å². The maximum absolute atomic E-state index is 11.6. The fourth-order valence-electron chi connectivity index (χ4n) is 1.64. The van der Waals surface area contributed by atoms with Gasteiger partial charge in [-0.25, -0.2) is 9.78 Å². The zero-order valence-electron chi connectivity index (χ0n) is 10.3. The fraction of sp³-hybridized carbons (Fsp3) is 0.455. The van der Waals surface area contributed by atoms with Crippen LogP contribution in [-0.4, -0.2) is 54.6 Å². The topological polar surface area (TPSA) is 82.9 Å². The molecule has 8 heteroatoms. The highest BCUT2D eigenvalue weighted by Crippen LogP contribution is 2.35. The van der Waals surface area contributed by atoms with E-state index in [1.165, 1.54) is 29.8 Å². The van der Waals surface area contributed by atoms with Crippen LogP contribution in [0.3, 0.4) is 0 Å². The van der Waals surface area contributed by atoms with Gasteiger partial charge in [0, 0.05) is 18.5 Å². The third-order valence-corrected chi connectivity index (χ3v) is 4.68. The average Bonchev–Trinajstić information content (AvgIpc) is 2.97. The van der Waals surface area contributed by atoms with Crippen molar-refractivity contribution in [3.05, 3.63) is 10.9 Å². The Morgan fingerprint density at radius 2 is 2.11 bits per heavy atom. The number of aliphatic hydroxyl groups excluding tert-OH is 2. The number of hydrogen-bond acceptors (Lipinski definition) is 8. The fourth-order valence-corrected chi connectivity index (χ4v) is 3.86. The van der Waals surface area contributed by atoms with E-state index in [9.17, 15) is 4.79 Å². The third kappa shape index (κ3) is 2.86. The lowest BCUT2D eigenvalue weighted by atomic mass is 10.3. The summed E-state index contributed by atoms with van der Waals surface area (Å²) in [5, 5.41) is 20.4. The number of thiophene rings is 1. The molecule has 0 bridgehead atoms. The first-order chi connectivity index (χ1) is 9.21. The second kappa shape index (κ2) is 6.29. The zero-order valence-corrected chi connectivity index (χ0v) is 12.0. The molecule has 0 saturated carbocycles. The van der Waals surface area contributed by atoms with Crippen LogP contribution in [0.2, 0.25) is 0 Å². The number of esters is 1. The summed E-state index contributed by atoms with van der Waals surface area (Å²) in [6, 6.07) is 0. The molecule has 6 nitrogen and oxygen atoms in total. The molecule has 0 fully saturated rings. The predicted molar refractivity (Wildman–Crippen MR) is 75.2 cm³/mol. The third-order valence-electron chi connectivity index (χ3n) is 2.53. The highest BCUT2D eigenvalue weighted by molar-refractivity contribution is 7.28. The van der Waals surface area contributed by atoms with E-state index in [1.807, 2.05) is 0 Å². The Morgan fingerprint density at radius 1 is 1.42 bits per heavy atom. The summed E-state index contributed by atoms with van der Waals surface area (Å²) in [6.07, 6.45) is 0. The number of hydrogen-bond donors (Lipinski definition) is 2. The van der Waals surface area contributed by atoms with Crippen molar-refractivity contribution in [2.24, 2.45) is 0 Å². The summed E-state index contributed by atoms with van der Waals surface area (Å²) in [4.78, 5) is 18.6. The molecule has 0 radical (unpaired) electrons. The molecule has 0 aliphatic carbocycles. The van der Waals surface area contributed by atoms with E-state index in [1.54, 1.807) is 10.3 Å². The number of nitrogens with zero attached hydrogens (tertiary/aromatic N) is 2. The van der Waals surface area contributed by atoms with Gasteiger partial charge in [-0.15, -0.1) is 11.3 Å². The lowest BCUT2D eigenvalue weighted by Gasteiger charge is -2.18. The molecular weight excluding hydrogens is 288 g/mol. The quantitative estimate of drug-likeness (QED) is 0.773. The van der Waals surface area contributed by atoms with Gasteiger partial charge in [-0.05, 0) is 0 Å². The number of rotatable bonds is 6. The summed E-state index contributed by atoms with van der Waals surface area (Å²) in [5.74, 6) is -0.377. The largest absolute Gasteiger partial charge is 0.465 e. The summed E-state index contributed by atoms with van der Waals surface area (Å²) in [5.41, 5.74) is 0.513. The van der Waals surface area contributed by atoms with E-state index in [-0.39, 0.29) is 19.2 Å². The van der Waals surface area contributed by atoms with Crippen molar-refractivity contribution >= 4 is 43.3 Å². The molecule has 2 rings (SSSR count). The lowest BCUT2D eigenvalue weighted by Crippen LogP contribution is -2.29. The van der Waals surface area contributed by atoms with Crippen LogP contribution in [0.1, 0.15) is 10.4 Å². The predicted octanol–water partition coefficient (Wildman–Crippen LogP) is 0.935. The van der Waals surface area contributed by atoms with Crippen molar-refractivity contribution < 1.29 is 19.7 Å². The van der Waals surface area contributed by atoms with E-state index < -0.39 is 0 Å². The molecule has 19 heavy (non-hydrogen) atoms. The monoisotopic (exact) mass is 302 g/mol. The minimum atomic E-state index is -0.377. The Morgan fingerprint density at radius 3 is 2.68 bits per heavy atom. The normalized spacial score (nSPS) is 10.9. The first-order valence-electron chi connectivity index (χ1n) is 5.64. The van der Waals surface area contributed by atoms with Crippen LogP contribution in [0, 0.1) is 0 Å². The van der Waals surface area contributed by atoms with Crippen LogP contribution < -0.4 is 4.90 Å². The van der Waals surface area contributed by atoms with Gasteiger partial charge in [-0.1, -0.05) is 11.3 Å². The molecule has 0 spiro atoms. The first-order valence-corrected chi connectivity index (χ1v) is 7.34. The van der Waals surface area contributed by atoms with E-state index in [4.69, 9.17) is 14.9 Å². The molecule has 2 aromatic rings. The number of fused-ring (bicyclic) bond motifs is 1. The maximum Gasteiger partial charge on any atom is 0.340 e. The van der Waals surface area contributed by atoms with Crippen LogP contribution in [0.15, 0.2) is 5.38 Å². The number of methoxy groups -OCH3 is 1. The van der Waals surface area contributed by atoms with E-state index in [0.717, 1.165) is 9.53 Å². The van der Waals surface area contributed by atoms with Gasteiger partial charge < -0.3 is 19.8 Å². The van der Waals surface area contributed by atoms with Crippen molar-refractivity contribution in [3.8, 4) is 0 Å². The second-order valence-electron chi connectivity index (χ2n) is 3.71. The highest BCUT2D eigenvalue weighted by atomic mass is 32.1. The molecule has 104 valence electrons. The molecule has 2 N–H and O–H groups in total. The van der Waals surface area contributed by atoms with Gasteiger partial charge >= 0.3 is 5.97 Å². The number of carbonyl (C=O) groups excluding carboxylic acids is 1. The van der Waals surface area contributed by atoms with Crippen molar-refractivity contribution in [1.29, 1.82) is 0 Å². The van der Waals surface area contributed by atoms with E-state index in [0.29, 0.717) is 23.8 Å². The number of anilines is 1. The average molecular weight is 302 g/mol. The molecule has 0 atom stereocenters. The van der Waals surface area contributed by atoms with Gasteiger partial charge in [0.05, 0.1) is 30.6 Å². The minimum Gasteiger partial charge on any atom is -0.465 e. The maximum atomic E-state index is 11.6. The van der Waals surface area contributed by atoms with Crippen molar-refractivity contribution in [2.75, 3.05) is 38.3 Å². The Kier molecular flexibility index (Phi) is 4.70. The molecule has 0 aromatic carbocycles. The molecule has 2 heterocycles. The van der Waals surface area contributed by atoms with Crippen molar-refractivity contribution in [2.45, 2.75) is 0 Å². The number of ether oxygens (including phenoxy) is 1. The van der Waals surface area contributed by atoms with Crippen LogP contribution in [0.25, 0.3) is 9.53 Å². The number of aromatic nitrogens is 1. The number of thiazole rings is 1. The van der Waals surface area contributed by atoms with Crippen LogP contribution in [0.4, 0.5) is 5.13 Å². The molecule has 2 aromatic heterocycles. The summed E-state index contributed by atoms with van der Waals surface area (Å²) >= 11 is 2.74. The van der Waals surface area contributed by atoms with E-state index >= 15 is 0 Å². The van der Waals surface area contributed by atoms with Gasteiger partial charge in [0.15, 0.2) is 5.13 Å². The minimum absolute atomic E-state index is 0.0168. The second-order valence-corrected chi connectivity index (χ2v) is 5.54. The lowest BCUT2D eigenvalue weighted by molar-refractivity contribution is 0.0603. The molecular formula is C11H14N2O4S2. The van der Waals surface area contributed by atoms with Gasteiger partial charge in [-0.2, -0.15) is 0 Å². The smallest absolute Gasteiger partial charge is 0.340 e. The molecule has 0 aliphatic rings. The Labute approximate surface area is 117 Å². The Hall–Kier alpha value is -1.22. The Bertz CT molecular complexity index is 560. The first kappa shape index (κ1) is 14.2. The van der Waals surface area contributed by atoms with Gasteiger partial charge in [0.2, 0.25) is 0 Å². The number of aliphatic hydroxyl groups is 2. The zero-order chi connectivity index (χ0) is 13.8. The van der Waals surface area contributed by atoms with Gasteiger partial charge in [0.25, 0.3) is 0 Å². The molecule has 0 aliphatic heterocycles. The highest BCUT2D eigenvalue weighted by Gasteiger charge is 2.19. The summed E-state index contributed by atoms with van der Waals surface area (Å²) < 4.78 is 5.51. The van der Waals surface area contributed by atoms with Gasteiger partial charge in [-0.3, -0.25) is 0 Å². The van der Waals surface area contributed by atoms with Crippen molar-refractivity contribution in [3.63, 3.8) is 0 Å². The molecule has 0 saturated heterocycles. The SMILES string of the molecule is COC(=O)c1csc2nc(N(CCO)CCO)sc12. The standard InChI is InChI=1S/C11H14N2O4S2/c1-17-10(16)7-6-18-9-8(7)19-11(12-9)13(2-4-14)3-5-15/h6,14-15H,2-5H2,1H3. The summed E-state index contributed by atoms with van der Waals surface area (Å²) in [7, 11) is 1.34. The van der Waals surface area contributed by atoms with E-state index in [2.05, 4.69) is 4.98 Å². The Balaban J connectivity index is 2.35. The van der Waals surface area contributed by atoms with Crippen LogP contribution >= 0.6 is 22.7 Å². The van der Waals surface area contributed by atoms with Crippen molar-refractivity contribution in [1.82, 2.24) is 4.98 Å². The van der Waals surface area contributed by atoms with Crippen LogP contribution in [-0.2, 0) is 4.74 Å². The molecule has 0 amide bonds.